The van der Waals surface area contributed by atoms with E-state index < -0.39 is 6.04 Å². The lowest BCUT2D eigenvalue weighted by atomic mass is 10.0. The molecule has 0 spiro atoms. The van der Waals surface area contributed by atoms with Gasteiger partial charge in [-0.1, -0.05) is 18.2 Å². The first-order valence-electron chi connectivity index (χ1n) is 8.33. The van der Waals surface area contributed by atoms with Crippen LogP contribution in [0.15, 0.2) is 48.7 Å². The summed E-state index contributed by atoms with van der Waals surface area (Å²) in [4.78, 5) is 27.6. The van der Waals surface area contributed by atoms with Gasteiger partial charge in [-0.2, -0.15) is 0 Å². The van der Waals surface area contributed by atoms with Gasteiger partial charge in [0.05, 0.1) is 0 Å². The first-order chi connectivity index (χ1) is 12.4. The molecule has 1 aromatic heterocycles. The van der Waals surface area contributed by atoms with Gasteiger partial charge in [-0.25, -0.2) is 0 Å². The minimum absolute atomic E-state index is 0.227. The number of amides is 2. The van der Waals surface area contributed by atoms with E-state index in [2.05, 4.69) is 38.2 Å². The van der Waals surface area contributed by atoms with Gasteiger partial charge in [-0.3, -0.25) is 9.59 Å². The number of aryl methyl sites for hydroxylation is 1. The van der Waals surface area contributed by atoms with Crippen LogP contribution in [-0.4, -0.2) is 22.8 Å². The summed E-state index contributed by atoms with van der Waals surface area (Å²) in [6.45, 7) is 3.37. The van der Waals surface area contributed by atoms with Crippen molar-refractivity contribution in [2.24, 2.45) is 0 Å². The molecule has 0 aliphatic heterocycles. The summed E-state index contributed by atoms with van der Waals surface area (Å²) >= 11 is 2.23. The summed E-state index contributed by atoms with van der Waals surface area (Å²) in [7, 11) is 0. The van der Waals surface area contributed by atoms with Crippen molar-refractivity contribution in [2.45, 2.75) is 26.3 Å². The van der Waals surface area contributed by atoms with Crippen molar-refractivity contribution in [1.82, 2.24) is 10.3 Å². The maximum absolute atomic E-state index is 12.8. The molecule has 0 bridgehead atoms. The van der Waals surface area contributed by atoms with Crippen molar-refractivity contribution < 1.29 is 9.59 Å². The van der Waals surface area contributed by atoms with E-state index in [9.17, 15) is 9.59 Å². The fourth-order valence-corrected chi connectivity index (χ4v) is 3.61. The number of halogens is 1. The topological polar surface area (TPSA) is 74.0 Å². The Morgan fingerprint density at radius 2 is 1.96 bits per heavy atom. The van der Waals surface area contributed by atoms with Crippen molar-refractivity contribution in [3.8, 4) is 0 Å². The highest BCUT2D eigenvalue weighted by atomic mass is 127. The van der Waals surface area contributed by atoms with Gasteiger partial charge in [0.15, 0.2) is 0 Å². The van der Waals surface area contributed by atoms with E-state index in [1.807, 2.05) is 55.6 Å². The molecule has 0 fully saturated rings. The van der Waals surface area contributed by atoms with Crippen LogP contribution in [0.1, 0.15) is 18.1 Å². The number of hydrogen-bond acceptors (Lipinski definition) is 2. The number of aromatic amines is 1. The summed E-state index contributed by atoms with van der Waals surface area (Å²) in [5.41, 5.74) is 3.75. The van der Waals surface area contributed by atoms with Gasteiger partial charge < -0.3 is 15.6 Å². The number of carbonyl (C=O) groups is 2. The predicted octanol–water partition coefficient (Wildman–Crippen LogP) is 3.77. The maximum Gasteiger partial charge on any atom is 0.247 e. The number of fused-ring (bicyclic) bond motifs is 1. The fourth-order valence-electron chi connectivity index (χ4n) is 2.96. The molecular formula is C20H20IN3O2. The largest absolute Gasteiger partial charge is 0.361 e. The molecule has 26 heavy (non-hydrogen) atoms. The Morgan fingerprint density at radius 3 is 2.69 bits per heavy atom. The molecule has 3 aromatic rings. The van der Waals surface area contributed by atoms with Gasteiger partial charge in [-0.05, 0) is 64.9 Å². The highest BCUT2D eigenvalue weighted by Crippen LogP contribution is 2.21. The molecule has 2 amide bonds. The Bertz CT molecular complexity index is 965. The average Bonchev–Trinajstić information content (AvgIpc) is 2.99. The molecule has 0 saturated carbocycles. The molecule has 0 aliphatic carbocycles. The Hall–Kier alpha value is -2.35. The van der Waals surface area contributed by atoms with Crippen LogP contribution < -0.4 is 10.6 Å². The van der Waals surface area contributed by atoms with Crippen LogP contribution in [0, 0.1) is 10.5 Å². The van der Waals surface area contributed by atoms with E-state index in [1.165, 1.54) is 6.92 Å². The number of para-hydroxylation sites is 1. The Balaban J connectivity index is 1.83. The molecule has 6 heteroatoms. The minimum Gasteiger partial charge on any atom is -0.361 e. The summed E-state index contributed by atoms with van der Waals surface area (Å²) in [6, 6.07) is 13.1. The van der Waals surface area contributed by atoms with Gasteiger partial charge >= 0.3 is 0 Å². The molecule has 1 atom stereocenters. The van der Waals surface area contributed by atoms with E-state index in [0.29, 0.717) is 6.42 Å². The van der Waals surface area contributed by atoms with Crippen LogP contribution in [0.5, 0.6) is 0 Å². The van der Waals surface area contributed by atoms with E-state index in [1.54, 1.807) is 0 Å². The predicted molar refractivity (Wildman–Crippen MR) is 112 cm³/mol. The molecule has 0 aliphatic rings. The summed E-state index contributed by atoms with van der Waals surface area (Å²) in [6.07, 6.45) is 2.31. The van der Waals surface area contributed by atoms with Crippen molar-refractivity contribution >= 4 is 51.0 Å². The molecule has 134 valence electrons. The molecule has 0 saturated heterocycles. The van der Waals surface area contributed by atoms with E-state index in [-0.39, 0.29) is 11.8 Å². The number of hydrogen-bond donors (Lipinski definition) is 3. The third-order valence-corrected chi connectivity index (χ3v) is 4.91. The average molecular weight is 461 g/mol. The van der Waals surface area contributed by atoms with Crippen molar-refractivity contribution in [1.29, 1.82) is 0 Å². The first kappa shape index (κ1) is 18.4. The zero-order chi connectivity index (χ0) is 18.7. The van der Waals surface area contributed by atoms with Crippen LogP contribution in [0.2, 0.25) is 0 Å². The van der Waals surface area contributed by atoms with E-state index in [0.717, 1.165) is 31.3 Å². The van der Waals surface area contributed by atoms with Crippen LogP contribution in [0.25, 0.3) is 10.9 Å². The maximum atomic E-state index is 12.8. The molecular weight excluding hydrogens is 441 g/mol. The third kappa shape index (κ3) is 4.24. The highest BCUT2D eigenvalue weighted by Gasteiger charge is 2.22. The van der Waals surface area contributed by atoms with Crippen LogP contribution in [-0.2, 0) is 16.0 Å². The molecule has 5 nitrogen and oxygen atoms in total. The van der Waals surface area contributed by atoms with E-state index >= 15 is 0 Å². The second-order valence-corrected chi connectivity index (χ2v) is 7.51. The number of nitrogens with one attached hydrogen (secondary N) is 3. The smallest absolute Gasteiger partial charge is 0.247 e. The number of aromatic nitrogens is 1. The van der Waals surface area contributed by atoms with Crippen LogP contribution in [0.3, 0.4) is 0 Å². The van der Waals surface area contributed by atoms with Gasteiger partial charge in [0.1, 0.15) is 6.04 Å². The molecule has 1 heterocycles. The summed E-state index contributed by atoms with van der Waals surface area (Å²) in [5.74, 6) is -0.459. The lowest BCUT2D eigenvalue weighted by Gasteiger charge is -2.18. The lowest BCUT2D eigenvalue weighted by Crippen LogP contribution is -2.44. The van der Waals surface area contributed by atoms with Gasteiger partial charge in [0.2, 0.25) is 11.8 Å². The molecule has 3 rings (SSSR count). The Kier molecular flexibility index (Phi) is 5.61. The number of rotatable bonds is 5. The zero-order valence-electron chi connectivity index (χ0n) is 14.6. The van der Waals surface area contributed by atoms with Gasteiger partial charge in [0, 0.05) is 39.7 Å². The van der Waals surface area contributed by atoms with Crippen LogP contribution >= 0.6 is 22.6 Å². The van der Waals surface area contributed by atoms with Gasteiger partial charge in [0.25, 0.3) is 0 Å². The monoisotopic (exact) mass is 461 g/mol. The molecule has 0 radical (unpaired) electrons. The second-order valence-electron chi connectivity index (χ2n) is 6.27. The quantitative estimate of drug-likeness (QED) is 0.507. The van der Waals surface area contributed by atoms with Gasteiger partial charge in [-0.15, -0.1) is 0 Å². The van der Waals surface area contributed by atoms with Crippen LogP contribution in [0.4, 0.5) is 5.69 Å². The summed E-state index contributed by atoms with van der Waals surface area (Å²) < 4.78 is 1.11. The number of H-pyrrole nitrogens is 1. The molecule has 2 aromatic carbocycles. The number of benzene rings is 2. The van der Waals surface area contributed by atoms with Crippen molar-refractivity contribution in [2.75, 3.05) is 5.32 Å². The lowest BCUT2D eigenvalue weighted by molar-refractivity contribution is -0.125. The van der Waals surface area contributed by atoms with E-state index in [4.69, 9.17) is 0 Å². The Labute approximate surface area is 165 Å². The first-order valence-corrected chi connectivity index (χ1v) is 9.41. The number of carbonyl (C=O) groups excluding carboxylic acids is 2. The fraction of sp³-hybridized carbons (Fsp3) is 0.200. The van der Waals surface area contributed by atoms with Crippen molar-refractivity contribution in [3.05, 3.63) is 63.4 Å². The Morgan fingerprint density at radius 1 is 1.19 bits per heavy atom. The summed E-state index contributed by atoms with van der Waals surface area (Å²) in [5, 5.41) is 6.76. The normalized spacial score (nSPS) is 12.0. The molecule has 3 N–H and O–H groups in total. The zero-order valence-corrected chi connectivity index (χ0v) is 16.8. The SMILES string of the molecule is CC(=O)NC(Cc1c[nH]c2ccccc12)C(=O)Nc1ccc(I)cc1C. The molecule has 1 unspecified atom stereocenters. The standard InChI is InChI=1S/C20H20IN3O2/c1-12-9-15(21)7-8-17(12)24-20(26)19(23-13(2)25)10-14-11-22-18-6-4-3-5-16(14)18/h3-9,11,19,22H,10H2,1-2H3,(H,23,25)(H,24,26). The third-order valence-electron chi connectivity index (χ3n) is 4.24. The van der Waals surface area contributed by atoms with Crippen molar-refractivity contribution in [3.63, 3.8) is 0 Å². The number of anilines is 1. The highest BCUT2D eigenvalue weighted by molar-refractivity contribution is 14.1. The second kappa shape index (κ2) is 7.90. The minimum atomic E-state index is -0.648.